The lowest BCUT2D eigenvalue weighted by atomic mass is 9.94. The number of carbonyl (C=O) groups is 2. The summed E-state index contributed by atoms with van der Waals surface area (Å²) >= 11 is 0. The topological polar surface area (TPSA) is 88.9 Å². The second-order valence-electron chi connectivity index (χ2n) is 9.74. The summed E-state index contributed by atoms with van der Waals surface area (Å²) in [6, 6.07) is 15.6. The third-order valence-corrected chi connectivity index (χ3v) is 7.23. The summed E-state index contributed by atoms with van der Waals surface area (Å²) in [5.74, 6) is 1.61. The van der Waals surface area contributed by atoms with E-state index in [0.717, 1.165) is 34.0 Å². The van der Waals surface area contributed by atoms with Crippen LogP contribution < -0.4 is 14.8 Å². The molecule has 9 nitrogen and oxygen atoms in total. The first-order chi connectivity index (χ1) is 18.2. The predicted molar refractivity (Wildman–Crippen MR) is 136 cm³/mol. The Morgan fingerprint density at radius 3 is 2.92 bits per heavy atom. The van der Waals surface area contributed by atoms with Gasteiger partial charge in [0.15, 0.2) is 0 Å². The molecule has 0 saturated heterocycles. The highest BCUT2D eigenvalue weighted by Gasteiger charge is 2.36. The van der Waals surface area contributed by atoms with Gasteiger partial charge in [0.25, 0.3) is 0 Å². The van der Waals surface area contributed by atoms with Crippen molar-refractivity contribution in [2.45, 2.75) is 32.0 Å². The fourth-order valence-corrected chi connectivity index (χ4v) is 5.45. The SMILES string of the molecule is O=C1Cn2cnc3c2C(c2cccc(c2)OCCCN1)N(C(=O)CN1CCOc2ccccc2C1)CC3. The number of para-hydroxylation sites is 1. The molecule has 0 radical (unpaired) electrons. The summed E-state index contributed by atoms with van der Waals surface area (Å²) in [6.45, 7) is 3.94. The van der Waals surface area contributed by atoms with E-state index in [0.29, 0.717) is 52.2 Å². The van der Waals surface area contributed by atoms with Crippen molar-refractivity contribution >= 4 is 11.8 Å². The Hall–Kier alpha value is -3.85. The van der Waals surface area contributed by atoms with E-state index < -0.39 is 0 Å². The molecule has 3 aliphatic rings. The number of imidazole rings is 1. The van der Waals surface area contributed by atoms with E-state index in [2.05, 4.69) is 21.3 Å². The predicted octanol–water partition coefficient (Wildman–Crippen LogP) is 2.15. The van der Waals surface area contributed by atoms with Crippen LogP contribution in [0.15, 0.2) is 54.9 Å². The number of amides is 2. The molecule has 3 aliphatic heterocycles. The van der Waals surface area contributed by atoms with Crippen LogP contribution in [0, 0.1) is 0 Å². The average Bonchev–Trinajstić information content (AvgIpc) is 3.19. The van der Waals surface area contributed by atoms with Crippen molar-refractivity contribution in [3.8, 4) is 11.5 Å². The third kappa shape index (κ3) is 4.91. The second-order valence-corrected chi connectivity index (χ2v) is 9.74. The molecule has 3 aromatic rings. The number of nitrogens with one attached hydrogen (secondary N) is 1. The number of benzene rings is 2. The van der Waals surface area contributed by atoms with Gasteiger partial charge in [-0.15, -0.1) is 0 Å². The molecule has 2 aromatic carbocycles. The van der Waals surface area contributed by atoms with Gasteiger partial charge in [0.2, 0.25) is 11.8 Å². The summed E-state index contributed by atoms with van der Waals surface area (Å²) in [4.78, 5) is 35.3. The standard InChI is InChI=1S/C28H31N5O4/c34-25-17-32-19-30-23-9-11-33(26(35)18-31-12-14-37-24-8-2-1-5-21(24)16-31)27(28(23)32)20-6-3-7-22(15-20)36-13-4-10-29-25/h1-3,5-8,15,19,27H,4,9-14,16-18H2,(H,29,34). The van der Waals surface area contributed by atoms with Crippen molar-refractivity contribution in [3.63, 3.8) is 0 Å². The van der Waals surface area contributed by atoms with Crippen LogP contribution in [0.25, 0.3) is 0 Å². The van der Waals surface area contributed by atoms with Gasteiger partial charge in [0, 0.05) is 38.2 Å². The molecule has 0 fully saturated rings. The zero-order valence-corrected chi connectivity index (χ0v) is 20.8. The average molecular weight is 502 g/mol. The van der Waals surface area contributed by atoms with Crippen LogP contribution in [-0.4, -0.2) is 70.6 Å². The number of hydrogen-bond acceptors (Lipinski definition) is 6. The zero-order valence-electron chi connectivity index (χ0n) is 20.8. The van der Waals surface area contributed by atoms with Gasteiger partial charge in [-0.3, -0.25) is 14.5 Å². The molecule has 4 heterocycles. The Bertz CT molecular complexity index is 1310. The Kier molecular flexibility index (Phi) is 6.53. The van der Waals surface area contributed by atoms with Crippen LogP contribution in [0.3, 0.4) is 0 Å². The maximum Gasteiger partial charge on any atom is 0.239 e. The van der Waals surface area contributed by atoms with E-state index in [4.69, 9.17) is 9.47 Å². The normalized spacial score (nSPS) is 19.9. The van der Waals surface area contributed by atoms with Crippen molar-refractivity contribution < 1.29 is 19.1 Å². The van der Waals surface area contributed by atoms with Gasteiger partial charge in [0.1, 0.15) is 24.7 Å². The number of ether oxygens (including phenoxy) is 2. The van der Waals surface area contributed by atoms with Crippen molar-refractivity contribution in [2.24, 2.45) is 0 Å². The van der Waals surface area contributed by atoms with Gasteiger partial charge in [-0.05, 0) is 30.2 Å². The summed E-state index contributed by atoms with van der Waals surface area (Å²) in [6.07, 6.45) is 3.09. The number of rotatable bonds is 2. The minimum atomic E-state index is -0.355. The summed E-state index contributed by atoms with van der Waals surface area (Å²) in [5.41, 5.74) is 3.87. The van der Waals surface area contributed by atoms with Crippen LogP contribution in [0.1, 0.15) is 35.0 Å². The van der Waals surface area contributed by atoms with Gasteiger partial charge in [-0.1, -0.05) is 30.3 Å². The smallest absolute Gasteiger partial charge is 0.239 e. The fraction of sp³-hybridized carbons (Fsp3) is 0.393. The lowest BCUT2D eigenvalue weighted by Crippen LogP contribution is -2.46. The molecule has 9 heteroatoms. The van der Waals surface area contributed by atoms with Crippen molar-refractivity contribution in [1.82, 2.24) is 24.7 Å². The van der Waals surface area contributed by atoms with Crippen molar-refractivity contribution in [3.05, 3.63) is 77.4 Å². The van der Waals surface area contributed by atoms with Crippen LogP contribution in [0.5, 0.6) is 11.5 Å². The van der Waals surface area contributed by atoms with E-state index in [-0.39, 0.29) is 30.9 Å². The molecule has 0 aliphatic carbocycles. The Morgan fingerprint density at radius 1 is 1.05 bits per heavy atom. The Morgan fingerprint density at radius 2 is 1.97 bits per heavy atom. The molecule has 2 amide bonds. The van der Waals surface area contributed by atoms with Gasteiger partial charge < -0.3 is 24.3 Å². The minimum absolute atomic E-state index is 0.0443. The summed E-state index contributed by atoms with van der Waals surface area (Å²) in [5, 5.41) is 2.97. The molecule has 0 saturated carbocycles. The first-order valence-electron chi connectivity index (χ1n) is 12.9. The Balaban J connectivity index is 1.33. The van der Waals surface area contributed by atoms with E-state index in [1.165, 1.54) is 0 Å². The molecule has 1 unspecified atom stereocenters. The fourth-order valence-electron chi connectivity index (χ4n) is 5.45. The van der Waals surface area contributed by atoms with Crippen LogP contribution in [0.4, 0.5) is 0 Å². The molecular formula is C28H31N5O4. The molecule has 1 aromatic heterocycles. The first kappa shape index (κ1) is 23.5. The molecule has 1 atom stereocenters. The molecule has 2 bridgehead atoms. The second kappa shape index (κ2) is 10.3. The summed E-state index contributed by atoms with van der Waals surface area (Å²) < 4.78 is 13.8. The minimum Gasteiger partial charge on any atom is -0.494 e. The molecule has 1 N–H and O–H groups in total. The lowest BCUT2D eigenvalue weighted by Gasteiger charge is -2.38. The molecule has 192 valence electrons. The highest BCUT2D eigenvalue weighted by atomic mass is 16.5. The third-order valence-electron chi connectivity index (χ3n) is 7.23. The molecule has 0 spiro atoms. The van der Waals surface area contributed by atoms with E-state index in [9.17, 15) is 9.59 Å². The van der Waals surface area contributed by atoms with Gasteiger partial charge in [-0.2, -0.15) is 0 Å². The largest absolute Gasteiger partial charge is 0.494 e. The number of fused-ring (bicyclic) bond motifs is 4. The lowest BCUT2D eigenvalue weighted by molar-refractivity contribution is -0.134. The van der Waals surface area contributed by atoms with Crippen LogP contribution in [-0.2, 0) is 29.1 Å². The van der Waals surface area contributed by atoms with Gasteiger partial charge in [-0.25, -0.2) is 4.98 Å². The van der Waals surface area contributed by atoms with E-state index >= 15 is 0 Å². The quantitative estimate of drug-likeness (QED) is 0.579. The van der Waals surface area contributed by atoms with Crippen LogP contribution >= 0.6 is 0 Å². The van der Waals surface area contributed by atoms with Crippen LogP contribution in [0.2, 0.25) is 0 Å². The zero-order chi connectivity index (χ0) is 25.2. The number of hydrogen-bond donors (Lipinski definition) is 1. The summed E-state index contributed by atoms with van der Waals surface area (Å²) in [7, 11) is 0. The maximum absolute atomic E-state index is 13.9. The highest BCUT2D eigenvalue weighted by molar-refractivity contribution is 5.80. The number of nitrogens with zero attached hydrogens (tertiary/aromatic N) is 4. The monoisotopic (exact) mass is 501 g/mol. The Labute approximate surface area is 216 Å². The van der Waals surface area contributed by atoms with E-state index in [1.807, 2.05) is 51.9 Å². The number of aromatic nitrogens is 2. The maximum atomic E-state index is 13.9. The molecule has 37 heavy (non-hydrogen) atoms. The first-order valence-corrected chi connectivity index (χ1v) is 12.9. The highest BCUT2D eigenvalue weighted by Crippen LogP contribution is 2.36. The molecule has 6 rings (SSSR count). The van der Waals surface area contributed by atoms with E-state index in [1.54, 1.807) is 6.33 Å². The van der Waals surface area contributed by atoms with Crippen molar-refractivity contribution in [1.29, 1.82) is 0 Å². The van der Waals surface area contributed by atoms with Gasteiger partial charge >= 0.3 is 0 Å². The van der Waals surface area contributed by atoms with Gasteiger partial charge in [0.05, 0.1) is 36.9 Å². The van der Waals surface area contributed by atoms with Crippen molar-refractivity contribution in [2.75, 3.05) is 39.4 Å². The molecular weight excluding hydrogens is 470 g/mol. The number of carbonyl (C=O) groups excluding carboxylic acids is 2.